The summed E-state index contributed by atoms with van der Waals surface area (Å²) in [6.45, 7) is 11.4. The number of nitrogens with one attached hydrogen (secondary N) is 1. The van der Waals surface area contributed by atoms with Gasteiger partial charge in [0, 0.05) is 39.3 Å². The average Bonchev–Trinajstić information content (AvgIpc) is 3.02. The molecule has 0 unspecified atom stereocenters. The van der Waals surface area contributed by atoms with E-state index in [1.165, 1.54) is 8.61 Å². The lowest BCUT2D eigenvalue weighted by Gasteiger charge is -2.26. The summed E-state index contributed by atoms with van der Waals surface area (Å²) in [6.07, 6.45) is 0.939. The van der Waals surface area contributed by atoms with E-state index in [1.54, 1.807) is 30.3 Å². The van der Waals surface area contributed by atoms with E-state index in [4.69, 9.17) is 9.47 Å². The monoisotopic (exact) mass is 727 g/mol. The van der Waals surface area contributed by atoms with Crippen LogP contribution in [-0.4, -0.2) is 49.9 Å². The second-order valence-electron chi connectivity index (χ2n) is 13.9. The Morgan fingerprint density at radius 2 is 0.940 bits per heavy atom. The van der Waals surface area contributed by atoms with Crippen molar-refractivity contribution in [3.8, 4) is 11.5 Å². The van der Waals surface area contributed by atoms with Crippen molar-refractivity contribution in [2.75, 3.05) is 11.5 Å². The summed E-state index contributed by atoms with van der Waals surface area (Å²) in [5.41, 5.74) is 5.25. The lowest BCUT2D eigenvalue weighted by atomic mass is 10.1. The zero-order valence-electron chi connectivity index (χ0n) is 29.6. The highest BCUT2D eigenvalue weighted by Gasteiger charge is 2.27. The highest BCUT2D eigenvalue weighted by molar-refractivity contribution is 7.89. The number of nitrogens with zero attached hydrogens (tertiary/aromatic N) is 2. The van der Waals surface area contributed by atoms with Crippen molar-refractivity contribution in [3.05, 3.63) is 93.5 Å². The molecule has 0 amide bonds. The summed E-state index contributed by atoms with van der Waals surface area (Å²) < 4.78 is 68.9. The maximum Gasteiger partial charge on any atom is 0.298 e. The SMILES string of the molecule is Cc1cc2cc(c1)CN(S(=O)(=O)CCC(C)C)Cc1cc(cc(OC=O)c1)CN(S(=O)(=O)CCC(C)C)Cc1cc(cc(OC=O)c1)CNC2. The highest BCUT2D eigenvalue weighted by atomic mass is 32.2. The molecule has 3 aromatic rings. The number of aryl methyl sites for hydroxylation is 1. The van der Waals surface area contributed by atoms with Crippen molar-refractivity contribution in [2.24, 2.45) is 11.8 Å². The first-order chi connectivity index (χ1) is 23.6. The number of fused-ring (bicyclic) bond motifs is 6. The van der Waals surface area contributed by atoms with E-state index >= 15 is 0 Å². The van der Waals surface area contributed by atoms with E-state index in [9.17, 15) is 26.4 Å². The van der Waals surface area contributed by atoms with E-state index in [0.717, 1.165) is 22.3 Å². The molecular weight excluding hydrogens is 679 g/mol. The van der Waals surface area contributed by atoms with Gasteiger partial charge in [-0.1, -0.05) is 63.6 Å². The third kappa shape index (κ3) is 11.7. The summed E-state index contributed by atoms with van der Waals surface area (Å²) in [5, 5.41) is 3.43. The normalized spacial score (nSPS) is 15.3. The summed E-state index contributed by atoms with van der Waals surface area (Å²) in [5.74, 6) is 0.687. The van der Waals surface area contributed by atoms with Gasteiger partial charge in [0.15, 0.2) is 0 Å². The van der Waals surface area contributed by atoms with Crippen molar-refractivity contribution in [1.29, 1.82) is 0 Å². The van der Waals surface area contributed by atoms with Gasteiger partial charge in [-0.2, -0.15) is 8.61 Å². The topological polar surface area (TPSA) is 139 Å². The predicted octanol–water partition coefficient (Wildman–Crippen LogP) is 5.42. The molecular formula is C37H49N3O8S2. The smallest absolute Gasteiger partial charge is 0.298 e. The fraction of sp³-hybridized carbons (Fsp3) is 0.459. The van der Waals surface area contributed by atoms with Crippen LogP contribution >= 0.6 is 0 Å². The number of carbonyl (C=O) groups excluding carboxylic acids is 2. The predicted molar refractivity (Wildman–Crippen MR) is 193 cm³/mol. The maximum atomic E-state index is 13.9. The minimum Gasteiger partial charge on any atom is -0.429 e. The van der Waals surface area contributed by atoms with Gasteiger partial charge in [-0.15, -0.1) is 0 Å². The van der Waals surface area contributed by atoms with Crippen molar-refractivity contribution in [3.63, 3.8) is 0 Å². The molecule has 0 aliphatic carbocycles. The Morgan fingerprint density at radius 3 is 1.34 bits per heavy atom. The first kappa shape index (κ1) is 39.2. The highest BCUT2D eigenvalue weighted by Crippen LogP contribution is 2.27. The van der Waals surface area contributed by atoms with Crippen LogP contribution < -0.4 is 14.8 Å². The zero-order chi connectivity index (χ0) is 36.5. The Kier molecular flexibility index (Phi) is 13.7. The minimum atomic E-state index is -3.81. The third-order valence-corrected chi connectivity index (χ3v) is 12.0. The van der Waals surface area contributed by atoms with E-state index in [0.29, 0.717) is 54.8 Å². The number of hydrogen-bond acceptors (Lipinski definition) is 9. The molecule has 11 nitrogen and oxygen atoms in total. The van der Waals surface area contributed by atoms with Gasteiger partial charge in [0.05, 0.1) is 11.5 Å². The largest absolute Gasteiger partial charge is 0.429 e. The summed E-state index contributed by atoms with van der Waals surface area (Å²) in [6, 6.07) is 16.2. The second kappa shape index (κ2) is 17.5. The fourth-order valence-corrected chi connectivity index (χ4v) is 9.36. The molecule has 0 radical (unpaired) electrons. The molecule has 13 heteroatoms. The molecule has 0 fully saturated rings. The molecule has 1 heterocycles. The van der Waals surface area contributed by atoms with Crippen LogP contribution in [0.15, 0.2) is 54.6 Å². The number of rotatable bonds is 12. The van der Waals surface area contributed by atoms with Crippen LogP contribution in [0.4, 0.5) is 0 Å². The van der Waals surface area contributed by atoms with Crippen molar-refractivity contribution < 1.29 is 35.9 Å². The summed E-state index contributed by atoms with van der Waals surface area (Å²) >= 11 is 0. The van der Waals surface area contributed by atoms with Crippen LogP contribution in [-0.2, 0) is 68.9 Å². The number of benzene rings is 3. The van der Waals surface area contributed by atoms with Gasteiger partial charge < -0.3 is 14.8 Å². The van der Waals surface area contributed by atoms with Gasteiger partial charge in [0.25, 0.3) is 12.9 Å². The molecule has 0 aromatic heterocycles. The van der Waals surface area contributed by atoms with E-state index in [1.807, 2.05) is 58.9 Å². The molecule has 272 valence electrons. The molecule has 0 spiro atoms. The van der Waals surface area contributed by atoms with Gasteiger partial charge in [0.1, 0.15) is 11.5 Å². The van der Waals surface area contributed by atoms with Crippen LogP contribution in [0.3, 0.4) is 0 Å². The van der Waals surface area contributed by atoms with E-state index < -0.39 is 20.0 Å². The third-order valence-electron chi connectivity index (χ3n) is 8.40. The summed E-state index contributed by atoms with van der Waals surface area (Å²) in [4.78, 5) is 22.8. The second-order valence-corrected chi connectivity index (χ2v) is 18.0. The lowest BCUT2D eigenvalue weighted by Crippen LogP contribution is -2.33. The molecule has 1 aliphatic heterocycles. The Bertz CT molecular complexity index is 1860. The first-order valence-electron chi connectivity index (χ1n) is 16.9. The molecule has 50 heavy (non-hydrogen) atoms. The van der Waals surface area contributed by atoms with Crippen LogP contribution in [0.25, 0.3) is 0 Å². The van der Waals surface area contributed by atoms with Crippen LogP contribution in [0.1, 0.15) is 79.5 Å². The number of ether oxygens (including phenoxy) is 2. The van der Waals surface area contributed by atoms with Crippen molar-refractivity contribution in [2.45, 2.75) is 86.7 Å². The van der Waals surface area contributed by atoms with Gasteiger partial charge in [0.2, 0.25) is 20.0 Å². The van der Waals surface area contributed by atoms with E-state index in [-0.39, 0.29) is 61.7 Å². The minimum absolute atomic E-state index is 0.0143. The van der Waals surface area contributed by atoms with Crippen LogP contribution in [0.5, 0.6) is 11.5 Å². The van der Waals surface area contributed by atoms with Crippen molar-refractivity contribution >= 4 is 33.0 Å². The fourth-order valence-electron chi connectivity index (χ4n) is 5.92. The van der Waals surface area contributed by atoms with Crippen LogP contribution in [0, 0.1) is 18.8 Å². The molecule has 0 saturated heterocycles. The Morgan fingerprint density at radius 1 is 0.600 bits per heavy atom. The molecule has 1 N–H and O–H groups in total. The number of carbonyl (C=O) groups is 2. The Labute approximate surface area is 297 Å². The van der Waals surface area contributed by atoms with Crippen molar-refractivity contribution in [1.82, 2.24) is 13.9 Å². The summed E-state index contributed by atoms with van der Waals surface area (Å²) in [7, 11) is -7.55. The molecule has 6 bridgehead atoms. The Balaban J connectivity index is 1.88. The quantitative estimate of drug-likeness (QED) is 0.242. The first-order valence-corrected chi connectivity index (χ1v) is 20.1. The van der Waals surface area contributed by atoms with E-state index in [2.05, 4.69) is 5.32 Å². The Hall–Kier alpha value is -3.62. The van der Waals surface area contributed by atoms with Gasteiger partial charge >= 0.3 is 0 Å². The standard InChI is InChI=1S/C37H49N3O8S2/c1-27(2)6-8-49(43,44)39-21-32-11-29(5)10-30(12-32)19-38-20-31-13-33(16-36(15-31)47-25-41)22-40(50(45,46)9-7-28(3)4)24-35-14-34(23-39)17-37(18-35)48-26-42/h10-18,25-28,38H,6-9,19-24H2,1-5H3. The van der Waals surface area contributed by atoms with Gasteiger partial charge in [-0.3, -0.25) is 9.59 Å². The number of sulfonamides is 2. The molecule has 4 rings (SSSR count). The average molecular weight is 728 g/mol. The van der Waals surface area contributed by atoms with Crippen LogP contribution in [0.2, 0.25) is 0 Å². The lowest BCUT2D eigenvalue weighted by molar-refractivity contribution is -0.121. The van der Waals surface area contributed by atoms with Gasteiger partial charge in [-0.05, 0) is 89.2 Å². The molecule has 0 saturated carbocycles. The van der Waals surface area contributed by atoms with Gasteiger partial charge in [-0.25, -0.2) is 16.8 Å². The molecule has 0 atom stereocenters. The molecule has 1 aliphatic rings. The number of hydrogen-bond donors (Lipinski definition) is 1. The molecule has 3 aromatic carbocycles. The zero-order valence-corrected chi connectivity index (χ0v) is 31.2. The maximum absolute atomic E-state index is 13.9.